The SMILES string of the molecule is CC/C=C\C/C=C\C/C=C\C/C=C\C/C=C\C/C=C\CCC(=O)OCC(COP(=O)(O)OCC(O)COP(=O)(O)OCC(COC(=O)C/C=C\C/C=C\C/C=C\C/C=C\C/C=C\CC)OC(=O)CCCCCCC/C=C\C/C=C\CCCCC)OC(=O)CCCC/C=C\C/C=C\C/C=C\C/C=C\CC. The summed E-state index contributed by atoms with van der Waals surface area (Å²) < 4.78 is 68.2. The highest BCUT2D eigenvalue weighted by Gasteiger charge is 2.30. The Bertz CT molecular complexity index is 2790. The number of allylic oxidation sites excluding steroid dienone is 33. The van der Waals surface area contributed by atoms with Gasteiger partial charge in [0.2, 0.25) is 0 Å². The molecule has 0 aromatic carbocycles. The van der Waals surface area contributed by atoms with E-state index in [4.69, 9.17) is 37.0 Å². The van der Waals surface area contributed by atoms with E-state index in [1.54, 1.807) is 6.08 Å². The minimum Gasteiger partial charge on any atom is -0.462 e. The Balaban J connectivity index is 5.56. The molecule has 0 radical (unpaired) electrons. The lowest BCUT2D eigenvalue weighted by Gasteiger charge is -2.21. The number of aliphatic hydroxyl groups is 1. The molecule has 104 heavy (non-hydrogen) atoms. The van der Waals surface area contributed by atoms with Gasteiger partial charge in [-0.25, -0.2) is 9.13 Å². The normalized spacial score (nSPS) is 15.0. The van der Waals surface area contributed by atoms with Crippen molar-refractivity contribution in [3.8, 4) is 0 Å². The van der Waals surface area contributed by atoms with Gasteiger partial charge in [0.15, 0.2) is 12.2 Å². The molecular formula is C85H132O17P2. The van der Waals surface area contributed by atoms with Gasteiger partial charge in [-0.3, -0.25) is 37.3 Å². The van der Waals surface area contributed by atoms with Crippen molar-refractivity contribution in [2.24, 2.45) is 0 Å². The fourth-order valence-electron chi connectivity index (χ4n) is 9.04. The number of hydrogen-bond acceptors (Lipinski definition) is 15. The quantitative estimate of drug-likeness (QED) is 0.0169. The molecule has 0 saturated heterocycles. The maximum Gasteiger partial charge on any atom is 0.472 e. The molecule has 0 aliphatic carbocycles. The number of phosphoric ester groups is 2. The molecular weight excluding hydrogens is 1350 g/mol. The predicted octanol–water partition coefficient (Wildman–Crippen LogP) is 22.3. The second-order valence-corrected chi connectivity index (χ2v) is 27.4. The van der Waals surface area contributed by atoms with Crippen LogP contribution in [0.15, 0.2) is 207 Å². The van der Waals surface area contributed by atoms with Gasteiger partial charge in [0.05, 0.1) is 32.8 Å². The molecule has 0 aliphatic heterocycles. The van der Waals surface area contributed by atoms with Crippen molar-refractivity contribution in [2.75, 3.05) is 39.6 Å². The van der Waals surface area contributed by atoms with Crippen molar-refractivity contribution in [2.45, 2.75) is 264 Å². The molecule has 3 N–H and O–H groups in total. The molecule has 5 atom stereocenters. The summed E-state index contributed by atoms with van der Waals surface area (Å²) in [5.74, 6) is -2.51. The average molecular weight is 1490 g/mol. The lowest BCUT2D eigenvalue weighted by molar-refractivity contribution is -0.161. The second kappa shape index (κ2) is 74.9. The Labute approximate surface area is 627 Å². The van der Waals surface area contributed by atoms with Gasteiger partial charge in [0.1, 0.15) is 19.3 Å². The van der Waals surface area contributed by atoms with Crippen molar-refractivity contribution < 1.29 is 80.2 Å². The first kappa shape index (κ1) is 97.6. The highest BCUT2D eigenvalue weighted by Crippen LogP contribution is 2.45. The van der Waals surface area contributed by atoms with Crippen molar-refractivity contribution in [3.63, 3.8) is 0 Å². The molecule has 0 saturated carbocycles. The summed E-state index contributed by atoms with van der Waals surface area (Å²) >= 11 is 0. The summed E-state index contributed by atoms with van der Waals surface area (Å²) in [6.45, 7) is 4.18. The van der Waals surface area contributed by atoms with Crippen LogP contribution in [0, 0.1) is 0 Å². The van der Waals surface area contributed by atoms with Crippen LogP contribution in [0.1, 0.15) is 246 Å². The van der Waals surface area contributed by atoms with Crippen LogP contribution in [0.3, 0.4) is 0 Å². The molecule has 0 aliphatic rings. The molecule has 19 heteroatoms. The summed E-state index contributed by atoms with van der Waals surface area (Å²) in [6, 6.07) is 0. The number of rotatable bonds is 69. The maximum atomic E-state index is 13.1. The van der Waals surface area contributed by atoms with Crippen LogP contribution >= 0.6 is 15.6 Å². The zero-order valence-electron chi connectivity index (χ0n) is 63.6. The lowest BCUT2D eigenvalue weighted by Crippen LogP contribution is -2.30. The van der Waals surface area contributed by atoms with E-state index in [-0.39, 0.29) is 25.7 Å². The molecule has 584 valence electrons. The molecule has 0 spiro atoms. The third kappa shape index (κ3) is 73.9. The van der Waals surface area contributed by atoms with Gasteiger partial charge in [-0.05, 0) is 161 Å². The number of aliphatic hydroxyl groups excluding tert-OH is 1. The highest BCUT2D eigenvalue weighted by atomic mass is 31.2. The van der Waals surface area contributed by atoms with E-state index >= 15 is 0 Å². The standard InChI is InChI=1S/C85H132O17P2/c1-5-9-13-17-21-25-29-33-37-38-39-40-44-46-50-54-58-62-66-70-83(88)96-76-81(102-85(90)72-68-64-60-56-52-48-43-36-32-28-24-20-16-12-8-4)78-100-104(93,94)98-74-79(86)73-97-103(91,92)99-77-80(101-84(89)71-67-63-59-55-51-47-42-35-31-27-23-19-15-11-7-3)75-95-82(87)69-65-61-57-53-49-45-41-34-30-26-22-18-14-10-6-2/h9-10,12-14,16,21-28,33-37,39-43,46,49-50,52-53,56,58,61-62,65,79-81,86H,5-8,11,15,17-20,29-32,38,44-45,47-48,51,54-55,57,59-60,63-64,66-78H2,1-4H3,(H,91,92)(H,93,94)/b13-9-,14-10-,16-12-,25-21-,26-22-,27-23-,28-24-,37-33-,40-39-,41-34-,42-35-,43-36-,50-46-,53-49-,56-52-,62-58-,65-61-. The number of ether oxygens (including phenoxy) is 4. The fraction of sp³-hybridized carbons (Fsp3) is 0.553. The van der Waals surface area contributed by atoms with Crippen molar-refractivity contribution in [1.82, 2.24) is 0 Å². The van der Waals surface area contributed by atoms with E-state index in [9.17, 15) is 43.2 Å². The minimum absolute atomic E-state index is 0.0151. The van der Waals surface area contributed by atoms with Crippen molar-refractivity contribution in [3.05, 3.63) is 207 Å². The summed E-state index contributed by atoms with van der Waals surface area (Å²) in [5.41, 5.74) is 0. The lowest BCUT2D eigenvalue weighted by atomic mass is 10.1. The van der Waals surface area contributed by atoms with Crippen LogP contribution in [0.4, 0.5) is 0 Å². The highest BCUT2D eigenvalue weighted by molar-refractivity contribution is 7.47. The predicted molar refractivity (Wildman–Crippen MR) is 426 cm³/mol. The molecule has 0 bridgehead atoms. The van der Waals surface area contributed by atoms with Crippen LogP contribution < -0.4 is 0 Å². The van der Waals surface area contributed by atoms with E-state index in [0.717, 1.165) is 135 Å². The van der Waals surface area contributed by atoms with E-state index in [2.05, 4.69) is 186 Å². The summed E-state index contributed by atoms with van der Waals surface area (Å²) in [7, 11) is -10.0. The van der Waals surface area contributed by atoms with E-state index in [0.29, 0.717) is 38.5 Å². The first-order valence-corrected chi connectivity index (χ1v) is 41.3. The van der Waals surface area contributed by atoms with Gasteiger partial charge >= 0.3 is 39.5 Å². The van der Waals surface area contributed by atoms with Crippen LogP contribution in [-0.2, 0) is 65.4 Å². The number of unbranched alkanes of at least 4 members (excludes halogenated alkanes) is 10. The molecule has 0 aromatic rings. The van der Waals surface area contributed by atoms with Crippen molar-refractivity contribution in [1.29, 1.82) is 0 Å². The zero-order valence-corrected chi connectivity index (χ0v) is 65.4. The first-order valence-electron chi connectivity index (χ1n) is 38.3. The third-order valence-corrected chi connectivity index (χ3v) is 16.7. The Morgan fingerprint density at radius 3 is 0.913 bits per heavy atom. The van der Waals surface area contributed by atoms with E-state index < -0.39 is 97.5 Å². The monoisotopic (exact) mass is 1490 g/mol. The number of carbonyl (C=O) groups is 4. The summed E-state index contributed by atoms with van der Waals surface area (Å²) in [4.78, 5) is 72.8. The Morgan fingerprint density at radius 1 is 0.288 bits per heavy atom. The number of carbonyl (C=O) groups excluding carboxylic acids is 4. The summed E-state index contributed by atoms with van der Waals surface area (Å²) in [6.07, 6.45) is 93.0. The molecule has 17 nitrogen and oxygen atoms in total. The van der Waals surface area contributed by atoms with Gasteiger partial charge in [-0.2, -0.15) is 0 Å². The molecule has 0 rings (SSSR count). The van der Waals surface area contributed by atoms with Gasteiger partial charge in [0.25, 0.3) is 0 Å². The summed E-state index contributed by atoms with van der Waals surface area (Å²) in [5, 5.41) is 10.6. The van der Waals surface area contributed by atoms with E-state index in [1.807, 2.05) is 42.5 Å². The Morgan fingerprint density at radius 2 is 0.558 bits per heavy atom. The molecule has 5 unspecified atom stereocenters. The fourth-order valence-corrected chi connectivity index (χ4v) is 10.6. The zero-order chi connectivity index (χ0) is 76.0. The molecule has 0 fully saturated rings. The van der Waals surface area contributed by atoms with Crippen LogP contribution in [0.5, 0.6) is 0 Å². The number of hydrogen-bond donors (Lipinski definition) is 3. The molecule has 0 heterocycles. The van der Waals surface area contributed by atoms with E-state index in [1.165, 1.54) is 19.3 Å². The first-order chi connectivity index (χ1) is 50.7. The van der Waals surface area contributed by atoms with Gasteiger partial charge < -0.3 is 33.8 Å². The second-order valence-electron chi connectivity index (χ2n) is 24.5. The topological polar surface area (TPSA) is 237 Å². The number of esters is 4. The third-order valence-electron chi connectivity index (χ3n) is 14.8. The average Bonchev–Trinajstić information content (AvgIpc) is 0.918. The largest absolute Gasteiger partial charge is 0.472 e. The van der Waals surface area contributed by atoms with Crippen LogP contribution in [0.25, 0.3) is 0 Å². The van der Waals surface area contributed by atoms with Gasteiger partial charge in [-0.1, -0.05) is 266 Å². The Hall–Kier alpha value is -6.36. The van der Waals surface area contributed by atoms with Crippen LogP contribution in [-0.4, -0.2) is 96.7 Å². The van der Waals surface area contributed by atoms with Crippen LogP contribution in [0.2, 0.25) is 0 Å². The molecule has 0 aromatic heterocycles. The van der Waals surface area contributed by atoms with Crippen molar-refractivity contribution >= 4 is 39.5 Å². The van der Waals surface area contributed by atoms with Gasteiger partial charge in [-0.15, -0.1) is 0 Å². The maximum absolute atomic E-state index is 13.1. The minimum atomic E-state index is -5.02. The number of phosphoric acid groups is 2. The molecule has 0 amide bonds. The Kier molecular flexibility index (Phi) is 70.3. The van der Waals surface area contributed by atoms with Gasteiger partial charge in [0, 0.05) is 19.3 Å². The smallest absolute Gasteiger partial charge is 0.462 e.